The summed E-state index contributed by atoms with van der Waals surface area (Å²) in [6.07, 6.45) is 0. The van der Waals surface area contributed by atoms with Crippen molar-refractivity contribution in [3.63, 3.8) is 0 Å². The molecule has 110 valence electrons. The van der Waals surface area contributed by atoms with Crippen molar-refractivity contribution in [2.45, 2.75) is 0 Å². The molecule has 1 aliphatic rings. The lowest BCUT2D eigenvalue weighted by Crippen LogP contribution is -2.36. The Morgan fingerprint density at radius 2 is 1.95 bits per heavy atom. The van der Waals surface area contributed by atoms with Crippen molar-refractivity contribution in [2.75, 3.05) is 31.2 Å². The summed E-state index contributed by atoms with van der Waals surface area (Å²) in [5.74, 6) is 1.58. The average Bonchev–Trinajstić information content (AvgIpc) is 2.97. The maximum atomic E-state index is 10.6. The van der Waals surface area contributed by atoms with Crippen LogP contribution >= 0.6 is 11.7 Å². The summed E-state index contributed by atoms with van der Waals surface area (Å²) in [5.41, 5.74) is 0.0205. The van der Waals surface area contributed by atoms with E-state index in [1.54, 1.807) is 12.1 Å². The fourth-order valence-corrected chi connectivity index (χ4v) is 2.46. The lowest BCUT2D eigenvalue weighted by atomic mass is 10.3. The van der Waals surface area contributed by atoms with E-state index < -0.39 is 4.92 Å². The zero-order valence-electron chi connectivity index (χ0n) is 11.0. The Morgan fingerprint density at radius 3 is 2.62 bits per heavy atom. The van der Waals surface area contributed by atoms with E-state index in [0.717, 1.165) is 24.8 Å². The Bertz CT molecular complexity index is 624. The molecule has 1 aliphatic heterocycles. The zero-order valence-corrected chi connectivity index (χ0v) is 11.8. The molecule has 1 fully saturated rings. The second-order valence-corrected chi connectivity index (χ2v) is 4.87. The van der Waals surface area contributed by atoms with Crippen molar-refractivity contribution < 1.29 is 14.4 Å². The summed E-state index contributed by atoms with van der Waals surface area (Å²) in [4.78, 5) is 12.2. The maximum absolute atomic E-state index is 10.6. The average molecular weight is 308 g/mol. The maximum Gasteiger partial charge on any atom is 0.276 e. The second kappa shape index (κ2) is 6.02. The van der Waals surface area contributed by atoms with Crippen LogP contribution in [0.5, 0.6) is 11.6 Å². The molecule has 1 saturated heterocycles. The van der Waals surface area contributed by atoms with Gasteiger partial charge in [-0.25, -0.2) is 0 Å². The minimum atomic E-state index is -0.451. The van der Waals surface area contributed by atoms with Gasteiger partial charge in [-0.2, -0.15) is 4.37 Å². The van der Waals surface area contributed by atoms with Gasteiger partial charge in [-0.15, -0.1) is 4.37 Å². The van der Waals surface area contributed by atoms with Gasteiger partial charge in [0.1, 0.15) is 5.75 Å². The van der Waals surface area contributed by atoms with Gasteiger partial charge in [-0.1, -0.05) is 0 Å². The quantitative estimate of drug-likeness (QED) is 0.630. The first-order valence-electron chi connectivity index (χ1n) is 6.31. The van der Waals surface area contributed by atoms with E-state index in [0.29, 0.717) is 30.7 Å². The summed E-state index contributed by atoms with van der Waals surface area (Å²) >= 11 is 1.07. The molecule has 1 aromatic heterocycles. The molecule has 8 nitrogen and oxygen atoms in total. The number of hydrogen-bond acceptors (Lipinski definition) is 8. The number of nitrogens with zero attached hydrogens (tertiary/aromatic N) is 4. The number of nitro groups is 1. The molecule has 9 heteroatoms. The first-order chi connectivity index (χ1) is 10.2. The highest BCUT2D eigenvalue weighted by molar-refractivity contribution is 6.99. The molecule has 0 radical (unpaired) electrons. The van der Waals surface area contributed by atoms with Crippen LogP contribution < -0.4 is 9.64 Å². The van der Waals surface area contributed by atoms with Gasteiger partial charge in [0, 0.05) is 25.2 Å². The smallest absolute Gasteiger partial charge is 0.276 e. The third kappa shape index (κ3) is 3.09. The van der Waals surface area contributed by atoms with Crippen LogP contribution in [0.15, 0.2) is 24.3 Å². The van der Waals surface area contributed by atoms with Crippen LogP contribution in [0.2, 0.25) is 0 Å². The number of nitro benzene ring substituents is 1. The van der Waals surface area contributed by atoms with E-state index >= 15 is 0 Å². The SMILES string of the molecule is O=[N+]([O-])c1ccc(Oc2nsnc2N2CCOCC2)cc1. The normalized spacial score (nSPS) is 15.0. The molecular formula is C12H12N4O4S. The third-order valence-electron chi connectivity index (χ3n) is 3.02. The van der Waals surface area contributed by atoms with Crippen LogP contribution in [-0.4, -0.2) is 40.0 Å². The molecule has 21 heavy (non-hydrogen) atoms. The van der Waals surface area contributed by atoms with E-state index in [-0.39, 0.29) is 5.69 Å². The van der Waals surface area contributed by atoms with E-state index in [2.05, 4.69) is 8.75 Å². The minimum absolute atomic E-state index is 0.0205. The topological polar surface area (TPSA) is 90.6 Å². The van der Waals surface area contributed by atoms with Crippen molar-refractivity contribution >= 4 is 23.2 Å². The minimum Gasteiger partial charge on any atom is -0.435 e. The van der Waals surface area contributed by atoms with Crippen molar-refractivity contribution in [3.8, 4) is 11.6 Å². The Balaban J connectivity index is 1.75. The van der Waals surface area contributed by atoms with Crippen LogP contribution in [0.1, 0.15) is 0 Å². The molecule has 0 aliphatic carbocycles. The first-order valence-corrected chi connectivity index (χ1v) is 7.04. The summed E-state index contributed by atoms with van der Waals surface area (Å²) < 4.78 is 19.4. The zero-order chi connectivity index (χ0) is 14.7. The second-order valence-electron chi connectivity index (χ2n) is 4.35. The van der Waals surface area contributed by atoms with Gasteiger partial charge >= 0.3 is 0 Å². The van der Waals surface area contributed by atoms with Crippen LogP contribution in [0.3, 0.4) is 0 Å². The van der Waals surface area contributed by atoms with E-state index in [1.165, 1.54) is 12.1 Å². The van der Waals surface area contributed by atoms with E-state index in [4.69, 9.17) is 9.47 Å². The van der Waals surface area contributed by atoms with Crippen molar-refractivity contribution in [3.05, 3.63) is 34.4 Å². The molecular weight excluding hydrogens is 296 g/mol. The van der Waals surface area contributed by atoms with Gasteiger partial charge in [0.05, 0.1) is 29.9 Å². The third-order valence-corrected chi connectivity index (χ3v) is 3.52. The number of aromatic nitrogens is 2. The van der Waals surface area contributed by atoms with Gasteiger partial charge in [0.25, 0.3) is 11.6 Å². The van der Waals surface area contributed by atoms with Gasteiger partial charge in [-0.05, 0) is 12.1 Å². The lowest BCUT2D eigenvalue weighted by Gasteiger charge is -2.26. The van der Waals surface area contributed by atoms with Gasteiger partial charge in [-0.3, -0.25) is 10.1 Å². The highest BCUT2D eigenvalue weighted by Gasteiger charge is 2.20. The lowest BCUT2D eigenvalue weighted by molar-refractivity contribution is -0.384. The molecule has 0 atom stereocenters. The van der Waals surface area contributed by atoms with Crippen molar-refractivity contribution in [1.82, 2.24) is 8.75 Å². The number of ether oxygens (including phenoxy) is 2. The van der Waals surface area contributed by atoms with Gasteiger partial charge < -0.3 is 14.4 Å². The Labute approximate surface area is 124 Å². The molecule has 2 aromatic rings. The number of rotatable bonds is 4. The predicted octanol–water partition coefficient (Wildman–Crippen LogP) is 2.08. The molecule has 0 amide bonds. The van der Waals surface area contributed by atoms with Crippen molar-refractivity contribution in [1.29, 1.82) is 0 Å². The summed E-state index contributed by atoms with van der Waals surface area (Å²) in [6.45, 7) is 2.77. The Hall–Kier alpha value is -2.26. The number of hydrogen-bond donors (Lipinski definition) is 0. The van der Waals surface area contributed by atoms with Gasteiger partial charge in [0.15, 0.2) is 0 Å². The summed E-state index contributed by atoms with van der Waals surface area (Å²) in [6, 6.07) is 5.87. The fraction of sp³-hybridized carbons (Fsp3) is 0.333. The Kier molecular flexibility index (Phi) is 3.93. The van der Waals surface area contributed by atoms with Gasteiger partial charge in [0.2, 0.25) is 5.82 Å². The van der Waals surface area contributed by atoms with Crippen LogP contribution in [0, 0.1) is 10.1 Å². The van der Waals surface area contributed by atoms with Crippen LogP contribution in [0.4, 0.5) is 11.5 Å². The summed E-state index contributed by atoms with van der Waals surface area (Å²) in [7, 11) is 0. The van der Waals surface area contributed by atoms with Crippen LogP contribution in [0.25, 0.3) is 0 Å². The van der Waals surface area contributed by atoms with Crippen LogP contribution in [-0.2, 0) is 4.74 Å². The molecule has 2 heterocycles. The summed E-state index contributed by atoms with van der Waals surface area (Å²) in [5, 5.41) is 10.6. The molecule has 0 saturated carbocycles. The highest BCUT2D eigenvalue weighted by Crippen LogP contribution is 2.31. The van der Waals surface area contributed by atoms with Crippen molar-refractivity contribution in [2.24, 2.45) is 0 Å². The van der Waals surface area contributed by atoms with E-state index in [9.17, 15) is 10.1 Å². The highest BCUT2D eigenvalue weighted by atomic mass is 32.1. The number of non-ortho nitro benzene ring substituents is 1. The number of anilines is 1. The monoisotopic (exact) mass is 308 g/mol. The molecule has 0 unspecified atom stereocenters. The molecule has 1 aromatic carbocycles. The molecule has 3 rings (SSSR count). The molecule has 0 bridgehead atoms. The largest absolute Gasteiger partial charge is 0.435 e. The first kappa shape index (κ1) is 13.7. The fourth-order valence-electron chi connectivity index (χ4n) is 1.96. The predicted molar refractivity (Wildman–Crippen MR) is 76.1 cm³/mol. The molecule has 0 spiro atoms. The standard InChI is InChI=1S/C12H12N4O4S/c17-16(18)9-1-3-10(4-2-9)20-12-11(13-21-14-12)15-5-7-19-8-6-15/h1-4H,5-8H2. The number of benzene rings is 1. The molecule has 0 N–H and O–H groups in total. The van der Waals surface area contributed by atoms with E-state index in [1.807, 2.05) is 4.90 Å². The number of morpholine rings is 1. The Morgan fingerprint density at radius 1 is 1.24 bits per heavy atom.